The molecule has 1 aromatic rings. The molecule has 0 spiro atoms. The van der Waals surface area contributed by atoms with Gasteiger partial charge in [-0.25, -0.2) is 0 Å². The molecule has 16 heavy (non-hydrogen) atoms. The van der Waals surface area contributed by atoms with Crippen molar-refractivity contribution in [2.45, 2.75) is 13.5 Å². The van der Waals surface area contributed by atoms with Crippen LogP contribution in [0.1, 0.15) is 12.5 Å². The zero-order valence-electron chi connectivity index (χ0n) is 9.96. The van der Waals surface area contributed by atoms with E-state index >= 15 is 0 Å². The first kappa shape index (κ1) is 12.4. The molecule has 0 aliphatic heterocycles. The fraction of sp³-hybridized carbons (Fsp3) is 0.385. The van der Waals surface area contributed by atoms with E-state index in [1.54, 1.807) is 14.0 Å². The summed E-state index contributed by atoms with van der Waals surface area (Å²) in [6.45, 7) is 2.98. The van der Waals surface area contributed by atoms with Crippen molar-refractivity contribution < 1.29 is 9.47 Å². The quantitative estimate of drug-likeness (QED) is 0.766. The maximum Gasteiger partial charge on any atom is 0.162 e. The standard InChI is InChI=1S/C13H17NO2/c1-4-5-8-16-13-9-11(10-14-2)6-7-12(13)15-3/h6-7,9,14H,8,10H2,1-3H3. The largest absolute Gasteiger partial charge is 0.493 e. The van der Waals surface area contributed by atoms with Crippen molar-refractivity contribution in [3.8, 4) is 23.3 Å². The van der Waals surface area contributed by atoms with Crippen LogP contribution in [0.2, 0.25) is 0 Å². The third-order valence-corrected chi connectivity index (χ3v) is 2.09. The van der Waals surface area contributed by atoms with Crippen LogP contribution >= 0.6 is 0 Å². The molecule has 3 nitrogen and oxygen atoms in total. The van der Waals surface area contributed by atoms with Crippen molar-refractivity contribution in [3.05, 3.63) is 23.8 Å². The molecule has 1 rings (SSSR count). The van der Waals surface area contributed by atoms with Gasteiger partial charge in [-0.15, -0.1) is 5.92 Å². The average Bonchev–Trinajstić information content (AvgIpc) is 2.30. The maximum atomic E-state index is 5.53. The van der Waals surface area contributed by atoms with E-state index in [0.29, 0.717) is 6.61 Å². The Labute approximate surface area is 96.8 Å². The van der Waals surface area contributed by atoms with Gasteiger partial charge in [0, 0.05) is 6.54 Å². The molecule has 0 fully saturated rings. The first-order chi connectivity index (χ1) is 7.81. The van der Waals surface area contributed by atoms with E-state index < -0.39 is 0 Å². The van der Waals surface area contributed by atoms with Crippen LogP contribution in [0.15, 0.2) is 18.2 Å². The Morgan fingerprint density at radius 3 is 2.75 bits per heavy atom. The summed E-state index contributed by atoms with van der Waals surface area (Å²) in [6, 6.07) is 5.88. The van der Waals surface area contributed by atoms with Gasteiger partial charge in [-0.3, -0.25) is 0 Å². The molecule has 0 bridgehead atoms. The molecule has 86 valence electrons. The van der Waals surface area contributed by atoms with Crippen LogP contribution in [0.4, 0.5) is 0 Å². The summed E-state index contributed by atoms with van der Waals surface area (Å²) in [5, 5.41) is 3.09. The third kappa shape index (κ3) is 3.48. The SMILES string of the molecule is CC#CCOc1cc(CNC)ccc1OC. The van der Waals surface area contributed by atoms with Gasteiger partial charge in [0.2, 0.25) is 0 Å². The summed E-state index contributed by atoms with van der Waals surface area (Å²) in [5.41, 5.74) is 1.16. The van der Waals surface area contributed by atoms with Gasteiger partial charge in [0.25, 0.3) is 0 Å². The van der Waals surface area contributed by atoms with Crippen LogP contribution in [-0.2, 0) is 6.54 Å². The third-order valence-electron chi connectivity index (χ3n) is 2.09. The monoisotopic (exact) mass is 219 g/mol. The molecule has 0 unspecified atom stereocenters. The van der Waals surface area contributed by atoms with Crippen molar-refractivity contribution in [1.82, 2.24) is 5.32 Å². The van der Waals surface area contributed by atoms with E-state index in [1.165, 1.54) is 0 Å². The van der Waals surface area contributed by atoms with Gasteiger partial charge >= 0.3 is 0 Å². The molecule has 0 heterocycles. The maximum absolute atomic E-state index is 5.53. The first-order valence-corrected chi connectivity index (χ1v) is 5.15. The predicted octanol–water partition coefficient (Wildman–Crippen LogP) is 1.82. The second kappa shape index (κ2) is 6.76. The van der Waals surface area contributed by atoms with Crippen LogP contribution in [0, 0.1) is 11.8 Å². The molecular weight excluding hydrogens is 202 g/mol. The zero-order chi connectivity index (χ0) is 11.8. The topological polar surface area (TPSA) is 30.5 Å². The summed E-state index contributed by atoms with van der Waals surface area (Å²) in [6.07, 6.45) is 0. The Balaban J connectivity index is 2.82. The highest BCUT2D eigenvalue weighted by Gasteiger charge is 2.04. The van der Waals surface area contributed by atoms with Gasteiger partial charge in [-0.05, 0) is 31.7 Å². The lowest BCUT2D eigenvalue weighted by Gasteiger charge is -2.10. The number of nitrogens with one attached hydrogen (secondary N) is 1. The van der Waals surface area contributed by atoms with Gasteiger partial charge in [-0.2, -0.15) is 0 Å². The molecule has 0 saturated heterocycles. The molecule has 0 saturated carbocycles. The van der Waals surface area contributed by atoms with Gasteiger partial charge in [0.1, 0.15) is 6.61 Å². The number of rotatable bonds is 5. The highest BCUT2D eigenvalue weighted by molar-refractivity contribution is 5.43. The van der Waals surface area contributed by atoms with Crippen LogP contribution in [-0.4, -0.2) is 20.8 Å². The molecule has 0 amide bonds. The van der Waals surface area contributed by atoms with Crippen LogP contribution in [0.3, 0.4) is 0 Å². The molecule has 3 heteroatoms. The number of hydrogen-bond donors (Lipinski definition) is 1. The van der Waals surface area contributed by atoms with E-state index in [2.05, 4.69) is 17.2 Å². The van der Waals surface area contributed by atoms with Crippen molar-refractivity contribution in [1.29, 1.82) is 0 Å². The Morgan fingerprint density at radius 1 is 1.31 bits per heavy atom. The minimum atomic E-state index is 0.385. The molecular formula is C13H17NO2. The lowest BCUT2D eigenvalue weighted by molar-refractivity contribution is 0.330. The van der Waals surface area contributed by atoms with Gasteiger partial charge in [0.05, 0.1) is 7.11 Å². The molecule has 0 atom stereocenters. The highest BCUT2D eigenvalue weighted by atomic mass is 16.5. The fourth-order valence-corrected chi connectivity index (χ4v) is 1.33. The fourth-order valence-electron chi connectivity index (χ4n) is 1.33. The van der Waals surface area contributed by atoms with Gasteiger partial charge in [-0.1, -0.05) is 12.0 Å². The Kier molecular flexibility index (Phi) is 5.24. The van der Waals surface area contributed by atoms with E-state index in [4.69, 9.17) is 9.47 Å². The van der Waals surface area contributed by atoms with Crippen LogP contribution in [0.5, 0.6) is 11.5 Å². The van der Waals surface area contributed by atoms with Crippen molar-refractivity contribution in [3.63, 3.8) is 0 Å². The Bertz CT molecular complexity index is 391. The molecule has 0 aliphatic rings. The second-order valence-corrected chi connectivity index (χ2v) is 3.23. The normalized spacial score (nSPS) is 9.19. The first-order valence-electron chi connectivity index (χ1n) is 5.15. The van der Waals surface area contributed by atoms with Crippen molar-refractivity contribution >= 4 is 0 Å². The number of ether oxygens (including phenoxy) is 2. The van der Waals surface area contributed by atoms with Crippen LogP contribution in [0.25, 0.3) is 0 Å². The molecule has 0 aliphatic carbocycles. The minimum absolute atomic E-state index is 0.385. The average molecular weight is 219 g/mol. The van der Waals surface area contributed by atoms with E-state index in [-0.39, 0.29) is 0 Å². The molecule has 1 aromatic carbocycles. The summed E-state index contributed by atoms with van der Waals surface area (Å²) >= 11 is 0. The molecule has 0 aromatic heterocycles. The second-order valence-electron chi connectivity index (χ2n) is 3.23. The molecule has 0 radical (unpaired) electrons. The van der Waals surface area contributed by atoms with Gasteiger partial charge in [0.15, 0.2) is 11.5 Å². The number of methoxy groups -OCH3 is 1. The van der Waals surface area contributed by atoms with Crippen molar-refractivity contribution in [2.24, 2.45) is 0 Å². The van der Waals surface area contributed by atoms with Gasteiger partial charge < -0.3 is 14.8 Å². The van der Waals surface area contributed by atoms with Crippen molar-refractivity contribution in [2.75, 3.05) is 20.8 Å². The van der Waals surface area contributed by atoms with E-state index in [0.717, 1.165) is 23.6 Å². The minimum Gasteiger partial charge on any atom is -0.493 e. The summed E-state index contributed by atoms with van der Waals surface area (Å²) in [5.74, 6) is 7.11. The number of hydrogen-bond acceptors (Lipinski definition) is 3. The number of benzene rings is 1. The smallest absolute Gasteiger partial charge is 0.162 e. The highest BCUT2D eigenvalue weighted by Crippen LogP contribution is 2.27. The van der Waals surface area contributed by atoms with Crippen LogP contribution < -0.4 is 14.8 Å². The predicted molar refractivity (Wildman–Crippen MR) is 64.7 cm³/mol. The lowest BCUT2D eigenvalue weighted by Crippen LogP contribution is -2.05. The van der Waals surface area contributed by atoms with E-state index in [9.17, 15) is 0 Å². The Morgan fingerprint density at radius 2 is 2.12 bits per heavy atom. The summed E-state index contributed by atoms with van der Waals surface area (Å²) < 4.78 is 10.7. The van der Waals surface area contributed by atoms with E-state index in [1.807, 2.05) is 25.2 Å². The summed E-state index contributed by atoms with van der Waals surface area (Å²) in [4.78, 5) is 0. The molecule has 1 N–H and O–H groups in total. The zero-order valence-corrected chi connectivity index (χ0v) is 9.96. The summed E-state index contributed by atoms with van der Waals surface area (Å²) in [7, 11) is 3.54. The Hall–Kier alpha value is -1.66. The lowest BCUT2D eigenvalue weighted by atomic mass is 10.2.